The molecule has 3 N–H and O–H groups in total. The second-order valence-corrected chi connectivity index (χ2v) is 5.28. The van der Waals surface area contributed by atoms with Crippen LogP contribution >= 0.6 is 0 Å². The Kier molecular flexibility index (Phi) is 5.46. The number of halogens is 3. The highest BCUT2D eigenvalue weighted by Crippen LogP contribution is 2.31. The van der Waals surface area contributed by atoms with Crippen LogP contribution in [0.15, 0.2) is 48.5 Å². The van der Waals surface area contributed by atoms with E-state index < -0.39 is 17.8 Å². The van der Waals surface area contributed by atoms with Crippen molar-refractivity contribution in [3.63, 3.8) is 0 Å². The van der Waals surface area contributed by atoms with Gasteiger partial charge in [0.2, 0.25) is 0 Å². The van der Waals surface area contributed by atoms with Crippen LogP contribution in [-0.2, 0) is 6.18 Å². The van der Waals surface area contributed by atoms with Crippen LogP contribution in [0.4, 0.5) is 29.3 Å². The number of carbonyl (C=O) groups is 1. The van der Waals surface area contributed by atoms with Gasteiger partial charge in [-0.05, 0) is 37.3 Å². The zero-order chi connectivity index (χ0) is 17.7. The zero-order valence-electron chi connectivity index (χ0n) is 13.1. The Hall–Kier alpha value is -2.54. The summed E-state index contributed by atoms with van der Waals surface area (Å²) in [5.41, 5.74) is 6.41. The van der Waals surface area contributed by atoms with Crippen LogP contribution in [0.25, 0.3) is 0 Å². The molecule has 0 unspecified atom stereocenters. The molecule has 2 aromatic carbocycles. The van der Waals surface area contributed by atoms with E-state index in [2.05, 4.69) is 5.32 Å². The predicted octanol–water partition coefficient (Wildman–Crippen LogP) is 4.01. The second kappa shape index (κ2) is 7.35. The standard InChI is InChI=1S/C17H18F3N3O/c1-12-5-7-14(8-6-12)22-16(24)23(10-9-21)15-4-2-3-13(11-15)17(18,19)20/h2-8,11H,9-10,21H2,1H3,(H,22,24). The number of benzene rings is 2. The highest BCUT2D eigenvalue weighted by molar-refractivity contribution is 6.01. The first-order valence-electron chi connectivity index (χ1n) is 7.34. The van der Waals surface area contributed by atoms with Gasteiger partial charge in [-0.15, -0.1) is 0 Å². The van der Waals surface area contributed by atoms with Gasteiger partial charge in [-0.1, -0.05) is 23.8 Å². The molecule has 0 heterocycles. The van der Waals surface area contributed by atoms with Crippen molar-refractivity contribution in [1.82, 2.24) is 0 Å². The average Bonchev–Trinajstić information content (AvgIpc) is 2.54. The fourth-order valence-corrected chi connectivity index (χ4v) is 2.15. The summed E-state index contributed by atoms with van der Waals surface area (Å²) in [4.78, 5) is 13.6. The number of hydrogen-bond acceptors (Lipinski definition) is 2. The first-order valence-corrected chi connectivity index (χ1v) is 7.34. The molecule has 0 aliphatic heterocycles. The predicted molar refractivity (Wildman–Crippen MR) is 88.0 cm³/mol. The van der Waals surface area contributed by atoms with Gasteiger partial charge in [0, 0.05) is 24.5 Å². The first kappa shape index (κ1) is 17.8. The summed E-state index contributed by atoms with van der Waals surface area (Å²) in [6.45, 7) is 2.13. The molecule has 0 fully saturated rings. The normalized spacial score (nSPS) is 11.2. The van der Waals surface area contributed by atoms with Crippen molar-refractivity contribution in [3.05, 3.63) is 59.7 Å². The Morgan fingerprint density at radius 1 is 1.17 bits per heavy atom. The largest absolute Gasteiger partial charge is 0.416 e. The van der Waals surface area contributed by atoms with Crippen molar-refractivity contribution < 1.29 is 18.0 Å². The Morgan fingerprint density at radius 2 is 1.83 bits per heavy atom. The van der Waals surface area contributed by atoms with Crippen molar-refractivity contribution in [1.29, 1.82) is 0 Å². The van der Waals surface area contributed by atoms with Gasteiger partial charge in [0.05, 0.1) is 5.56 Å². The summed E-state index contributed by atoms with van der Waals surface area (Å²) in [5, 5.41) is 2.66. The first-order chi connectivity index (χ1) is 11.3. The van der Waals surface area contributed by atoms with E-state index in [0.717, 1.165) is 17.7 Å². The summed E-state index contributed by atoms with van der Waals surface area (Å²) in [5.74, 6) is 0. The molecule has 2 rings (SSSR count). The van der Waals surface area contributed by atoms with E-state index in [4.69, 9.17) is 5.73 Å². The van der Waals surface area contributed by atoms with Crippen LogP contribution in [0, 0.1) is 6.92 Å². The van der Waals surface area contributed by atoms with Crippen LogP contribution < -0.4 is 16.0 Å². The molecule has 0 saturated heterocycles. The number of nitrogens with zero attached hydrogens (tertiary/aromatic N) is 1. The molecule has 0 atom stereocenters. The number of urea groups is 1. The molecular weight excluding hydrogens is 319 g/mol. The van der Waals surface area contributed by atoms with Gasteiger partial charge in [-0.25, -0.2) is 4.79 Å². The van der Waals surface area contributed by atoms with Crippen LogP contribution in [0.2, 0.25) is 0 Å². The molecule has 0 spiro atoms. The number of nitrogens with one attached hydrogen (secondary N) is 1. The Labute approximate surface area is 138 Å². The number of nitrogens with two attached hydrogens (primary N) is 1. The van der Waals surface area contributed by atoms with E-state index in [1.165, 1.54) is 17.0 Å². The second-order valence-electron chi connectivity index (χ2n) is 5.28. The number of rotatable bonds is 4. The molecule has 2 aromatic rings. The number of amides is 2. The fraction of sp³-hybridized carbons (Fsp3) is 0.235. The topological polar surface area (TPSA) is 58.4 Å². The lowest BCUT2D eigenvalue weighted by molar-refractivity contribution is -0.137. The summed E-state index contributed by atoms with van der Waals surface area (Å²) in [7, 11) is 0. The van der Waals surface area contributed by atoms with E-state index in [9.17, 15) is 18.0 Å². The van der Waals surface area contributed by atoms with Crippen molar-refractivity contribution in [2.24, 2.45) is 5.73 Å². The fourth-order valence-electron chi connectivity index (χ4n) is 2.15. The Morgan fingerprint density at radius 3 is 2.42 bits per heavy atom. The molecule has 0 saturated carbocycles. The molecular formula is C17H18F3N3O. The van der Waals surface area contributed by atoms with Crippen molar-refractivity contribution in [2.75, 3.05) is 23.3 Å². The Bertz CT molecular complexity index is 699. The van der Waals surface area contributed by atoms with Gasteiger partial charge < -0.3 is 11.1 Å². The smallest absolute Gasteiger partial charge is 0.329 e. The highest BCUT2D eigenvalue weighted by atomic mass is 19.4. The van der Waals surface area contributed by atoms with Crippen LogP contribution in [0.1, 0.15) is 11.1 Å². The molecule has 128 valence electrons. The van der Waals surface area contributed by atoms with Gasteiger partial charge >= 0.3 is 12.2 Å². The van der Waals surface area contributed by atoms with Gasteiger partial charge in [0.15, 0.2) is 0 Å². The number of alkyl halides is 3. The number of aryl methyl sites for hydroxylation is 1. The van der Waals surface area contributed by atoms with Crippen molar-refractivity contribution in [3.8, 4) is 0 Å². The highest BCUT2D eigenvalue weighted by Gasteiger charge is 2.31. The van der Waals surface area contributed by atoms with Crippen LogP contribution in [-0.4, -0.2) is 19.1 Å². The monoisotopic (exact) mass is 337 g/mol. The maximum atomic E-state index is 12.9. The summed E-state index contributed by atoms with van der Waals surface area (Å²) in [6.07, 6.45) is -4.47. The average molecular weight is 337 g/mol. The van der Waals surface area contributed by atoms with E-state index in [0.29, 0.717) is 5.69 Å². The lowest BCUT2D eigenvalue weighted by Gasteiger charge is -2.23. The van der Waals surface area contributed by atoms with E-state index in [-0.39, 0.29) is 18.8 Å². The minimum absolute atomic E-state index is 0.0962. The minimum atomic E-state index is -4.47. The molecule has 0 bridgehead atoms. The summed E-state index contributed by atoms with van der Waals surface area (Å²) >= 11 is 0. The van der Waals surface area contributed by atoms with Gasteiger partial charge in [-0.3, -0.25) is 4.90 Å². The summed E-state index contributed by atoms with van der Waals surface area (Å²) in [6, 6.07) is 11.2. The lowest BCUT2D eigenvalue weighted by Crippen LogP contribution is -2.38. The lowest BCUT2D eigenvalue weighted by atomic mass is 10.2. The molecule has 2 amide bonds. The van der Waals surface area contributed by atoms with Crippen LogP contribution in [0.5, 0.6) is 0 Å². The van der Waals surface area contributed by atoms with Crippen molar-refractivity contribution in [2.45, 2.75) is 13.1 Å². The van der Waals surface area contributed by atoms with Crippen molar-refractivity contribution >= 4 is 17.4 Å². The third-order valence-electron chi connectivity index (χ3n) is 3.39. The molecule has 0 aliphatic rings. The maximum absolute atomic E-state index is 12.9. The SMILES string of the molecule is Cc1ccc(NC(=O)N(CCN)c2cccc(C(F)(F)F)c2)cc1. The molecule has 0 aliphatic carbocycles. The molecule has 24 heavy (non-hydrogen) atoms. The molecule has 4 nitrogen and oxygen atoms in total. The quantitative estimate of drug-likeness (QED) is 0.885. The molecule has 7 heteroatoms. The van der Waals surface area contributed by atoms with E-state index >= 15 is 0 Å². The molecule has 0 aromatic heterocycles. The van der Waals surface area contributed by atoms with Gasteiger partial charge in [0.1, 0.15) is 0 Å². The third-order valence-corrected chi connectivity index (χ3v) is 3.39. The molecule has 0 radical (unpaired) electrons. The van der Waals surface area contributed by atoms with Gasteiger partial charge in [-0.2, -0.15) is 13.2 Å². The maximum Gasteiger partial charge on any atom is 0.416 e. The zero-order valence-corrected chi connectivity index (χ0v) is 13.1. The number of carbonyl (C=O) groups excluding carboxylic acids is 1. The number of hydrogen-bond donors (Lipinski definition) is 2. The van der Waals surface area contributed by atoms with E-state index in [1.54, 1.807) is 12.1 Å². The van der Waals surface area contributed by atoms with E-state index in [1.807, 2.05) is 19.1 Å². The third kappa shape index (κ3) is 4.48. The van der Waals surface area contributed by atoms with Gasteiger partial charge in [0.25, 0.3) is 0 Å². The van der Waals surface area contributed by atoms with Crippen LogP contribution in [0.3, 0.4) is 0 Å². The minimum Gasteiger partial charge on any atom is -0.329 e. The Balaban J connectivity index is 2.25. The number of anilines is 2. The summed E-state index contributed by atoms with van der Waals surface area (Å²) < 4.78 is 38.6.